The first kappa shape index (κ1) is 12.6. The maximum atomic E-state index is 12.9. The molecule has 0 heterocycles. The average Bonchev–Trinajstić information content (AvgIpc) is 2.42. The van der Waals surface area contributed by atoms with Crippen molar-refractivity contribution >= 4 is 11.4 Å². The zero-order chi connectivity index (χ0) is 13.0. The molecule has 0 saturated carbocycles. The molecule has 0 fully saturated rings. The quantitative estimate of drug-likeness (QED) is 0.892. The van der Waals surface area contributed by atoms with Gasteiger partial charge in [-0.05, 0) is 48.9 Å². The second kappa shape index (κ2) is 5.65. The van der Waals surface area contributed by atoms with E-state index in [2.05, 4.69) is 11.8 Å². The molecule has 0 bridgehead atoms. The molecule has 2 aromatic rings. The minimum atomic E-state index is -0.215. The molecule has 2 rings (SSSR count). The Balaban J connectivity index is 2.29. The molecule has 0 unspecified atom stereocenters. The van der Waals surface area contributed by atoms with E-state index in [-0.39, 0.29) is 5.82 Å². The number of hydrogen-bond acceptors (Lipinski definition) is 2. The number of nitrogens with two attached hydrogens (primary N) is 1. The molecule has 0 aromatic heterocycles. The van der Waals surface area contributed by atoms with Gasteiger partial charge in [0, 0.05) is 24.5 Å². The van der Waals surface area contributed by atoms with Gasteiger partial charge in [-0.3, -0.25) is 0 Å². The number of halogens is 1. The lowest BCUT2D eigenvalue weighted by Crippen LogP contribution is -2.15. The number of hydrogen-bond donors (Lipinski definition) is 1. The summed E-state index contributed by atoms with van der Waals surface area (Å²) in [6.07, 6.45) is 0. The van der Waals surface area contributed by atoms with Crippen molar-refractivity contribution in [1.29, 1.82) is 0 Å². The van der Waals surface area contributed by atoms with Gasteiger partial charge in [-0.2, -0.15) is 0 Å². The number of benzene rings is 2. The van der Waals surface area contributed by atoms with E-state index in [1.54, 1.807) is 12.1 Å². The molecule has 18 heavy (non-hydrogen) atoms. The Morgan fingerprint density at radius 1 is 0.944 bits per heavy atom. The highest BCUT2D eigenvalue weighted by atomic mass is 19.1. The molecule has 94 valence electrons. The Kier molecular flexibility index (Phi) is 3.95. The lowest BCUT2D eigenvalue weighted by molar-refractivity contribution is 0.628. The Morgan fingerprint density at radius 3 is 1.89 bits per heavy atom. The monoisotopic (exact) mass is 244 g/mol. The van der Waals surface area contributed by atoms with Gasteiger partial charge in [-0.15, -0.1) is 0 Å². The first-order chi connectivity index (χ1) is 8.74. The van der Waals surface area contributed by atoms with Crippen molar-refractivity contribution in [1.82, 2.24) is 0 Å². The number of rotatable bonds is 4. The summed E-state index contributed by atoms with van der Waals surface area (Å²) in [6, 6.07) is 14.6. The summed E-state index contributed by atoms with van der Waals surface area (Å²) in [7, 11) is 0. The van der Waals surface area contributed by atoms with Gasteiger partial charge in [-0.1, -0.05) is 12.1 Å². The molecule has 0 aliphatic heterocycles. The van der Waals surface area contributed by atoms with Crippen molar-refractivity contribution in [2.24, 2.45) is 5.73 Å². The summed E-state index contributed by atoms with van der Waals surface area (Å²) in [5.41, 5.74) is 8.76. The molecule has 2 aromatic carbocycles. The van der Waals surface area contributed by atoms with E-state index >= 15 is 0 Å². The predicted octanol–water partition coefficient (Wildman–Crippen LogP) is 3.44. The molecule has 2 N–H and O–H groups in total. The highest BCUT2D eigenvalue weighted by Crippen LogP contribution is 2.25. The Labute approximate surface area is 107 Å². The van der Waals surface area contributed by atoms with Crippen LogP contribution in [0.3, 0.4) is 0 Å². The van der Waals surface area contributed by atoms with Crippen LogP contribution in [-0.2, 0) is 6.54 Å². The van der Waals surface area contributed by atoms with Crippen LogP contribution < -0.4 is 10.6 Å². The highest BCUT2D eigenvalue weighted by molar-refractivity contribution is 5.63. The summed E-state index contributed by atoms with van der Waals surface area (Å²) in [5.74, 6) is -0.215. The summed E-state index contributed by atoms with van der Waals surface area (Å²) < 4.78 is 12.9. The van der Waals surface area contributed by atoms with Crippen molar-refractivity contribution in [3.63, 3.8) is 0 Å². The SMILES string of the molecule is CCN(c1ccc(F)cc1)c1ccc(CN)cc1. The van der Waals surface area contributed by atoms with Crippen molar-refractivity contribution in [2.45, 2.75) is 13.5 Å². The van der Waals surface area contributed by atoms with E-state index in [1.165, 1.54) is 12.1 Å². The lowest BCUT2D eigenvalue weighted by atomic mass is 10.2. The zero-order valence-electron chi connectivity index (χ0n) is 10.4. The zero-order valence-corrected chi connectivity index (χ0v) is 10.4. The molecule has 3 heteroatoms. The molecule has 0 radical (unpaired) electrons. The van der Waals surface area contributed by atoms with E-state index in [4.69, 9.17) is 5.73 Å². The molecule has 0 amide bonds. The van der Waals surface area contributed by atoms with Crippen molar-refractivity contribution < 1.29 is 4.39 Å². The van der Waals surface area contributed by atoms with E-state index in [0.717, 1.165) is 23.5 Å². The Morgan fingerprint density at radius 2 is 1.44 bits per heavy atom. The molecule has 2 nitrogen and oxygen atoms in total. The lowest BCUT2D eigenvalue weighted by Gasteiger charge is -2.23. The van der Waals surface area contributed by atoms with Crippen LogP contribution >= 0.6 is 0 Å². The van der Waals surface area contributed by atoms with Crippen LogP contribution in [0.15, 0.2) is 48.5 Å². The standard InChI is InChI=1S/C15H17FN2/c1-2-18(15-9-5-13(16)6-10-15)14-7-3-12(11-17)4-8-14/h3-10H,2,11,17H2,1H3. The second-order valence-corrected chi connectivity index (χ2v) is 4.09. The van der Waals surface area contributed by atoms with Gasteiger partial charge >= 0.3 is 0 Å². The molecule has 0 aliphatic rings. The molecule has 0 aliphatic carbocycles. The fraction of sp³-hybridized carbons (Fsp3) is 0.200. The van der Waals surface area contributed by atoms with Gasteiger partial charge in [0.1, 0.15) is 5.82 Å². The van der Waals surface area contributed by atoms with Crippen molar-refractivity contribution in [3.05, 3.63) is 59.9 Å². The average molecular weight is 244 g/mol. The van der Waals surface area contributed by atoms with E-state index in [1.807, 2.05) is 24.3 Å². The van der Waals surface area contributed by atoms with Crippen LogP contribution in [0, 0.1) is 5.82 Å². The molecular formula is C15H17FN2. The normalized spacial score (nSPS) is 10.4. The molecule has 0 spiro atoms. The molecule has 0 saturated heterocycles. The van der Waals surface area contributed by atoms with Crippen LogP contribution in [0.1, 0.15) is 12.5 Å². The Bertz CT molecular complexity index is 491. The minimum Gasteiger partial charge on any atom is -0.342 e. The maximum Gasteiger partial charge on any atom is 0.123 e. The Hall–Kier alpha value is -1.87. The van der Waals surface area contributed by atoms with Crippen molar-refractivity contribution in [3.8, 4) is 0 Å². The van der Waals surface area contributed by atoms with Gasteiger partial charge in [0.2, 0.25) is 0 Å². The molecular weight excluding hydrogens is 227 g/mol. The van der Waals surface area contributed by atoms with Gasteiger partial charge in [0.25, 0.3) is 0 Å². The topological polar surface area (TPSA) is 29.3 Å². The van der Waals surface area contributed by atoms with Crippen LogP contribution in [0.2, 0.25) is 0 Å². The minimum absolute atomic E-state index is 0.215. The van der Waals surface area contributed by atoms with Gasteiger partial charge in [-0.25, -0.2) is 4.39 Å². The number of anilines is 2. The third kappa shape index (κ3) is 2.68. The summed E-state index contributed by atoms with van der Waals surface area (Å²) in [4.78, 5) is 2.12. The largest absolute Gasteiger partial charge is 0.342 e. The third-order valence-corrected chi connectivity index (χ3v) is 2.94. The van der Waals surface area contributed by atoms with Crippen LogP contribution in [0.4, 0.5) is 15.8 Å². The smallest absolute Gasteiger partial charge is 0.123 e. The van der Waals surface area contributed by atoms with Crippen LogP contribution in [0.25, 0.3) is 0 Å². The fourth-order valence-electron chi connectivity index (χ4n) is 1.95. The summed E-state index contributed by atoms with van der Waals surface area (Å²) in [6.45, 7) is 3.44. The van der Waals surface area contributed by atoms with Crippen molar-refractivity contribution in [2.75, 3.05) is 11.4 Å². The fourth-order valence-corrected chi connectivity index (χ4v) is 1.95. The van der Waals surface area contributed by atoms with E-state index < -0.39 is 0 Å². The first-order valence-corrected chi connectivity index (χ1v) is 6.06. The second-order valence-electron chi connectivity index (χ2n) is 4.09. The summed E-state index contributed by atoms with van der Waals surface area (Å²) in [5, 5.41) is 0. The first-order valence-electron chi connectivity index (χ1n) is 6.06. The van der Waals surface area contributed by atoms with Crippen LogP contribution in [0.5, 0.6) is 0 Å². The van der Waals surface area contributed by atoms with Gasteiger partial charge in [0.15, 0.2) is 0 Å². The van der Waals surface area contributed by atoms with Crippen LogP contribution in [-0.4, -0.2) is 6.54 Å². The summed E-state index contributed by atoms with van der Waals surface area (Å²) >= 11 is 0. The molecule has 0 atom stereocenters. The van der Waals surface area contributed by atoms with Gasteiger partial charge < -0.3 is 10.6 Å². The van der Waals surface area contributed by atoms with E-state index in [9.17, 15) is 4.39 Å². The van der Waals surface area contributed by atoms with Gasteiger partial charge in [0.05, 0.1) is 0 Å². The van der Waals surface area contributed by atoms with E-state index in [0.29, 0.717) is 6.54 Å². The number of nitrogens with zero attached hydrogens (tertiary/aromatic N) is 1. The third-order valence-electron chi connectivity index (χ3n) is 2.94. The predicted molar refractivity (Wildman–Crippen MR) is 73.4 cm³/mol. The maximum absolute atomic E-state index is 12.9. The highest BCUT2D eigenvalue weighted by Gasteiger charge is 2.06.